The molecule has 30 heavy (non-hydrogen) atoms. The Morgan fingerprint density at radius 2 is 1.80 bits per heavy atom. The van der Waals surface area contributed by atoms with E-state index in [1.54, 1.807) is 0 Å². The predicted octanol–water partition coefficient (Wildman–Crippen LogP) is 4.52. The molecule has 0 radical (unpaired) electrons. The topological polar surface area (TPSA) is 91.5 Å². The highest BCUT2D eigenvalue weighted by molar-refractivity contribution is 7.97. The Balaban J connectivity index is 1.52. The van der Waals surface area contributed by atoms with Gasteiger partial charge in [-0.25, -0.2) is 13.5 Å². The van der Waals surface area contributed by atoms with Crippen molar-refractivity contribution in [2.24, 2.45) is 5.14 Å². The quantitative estimate of drug-likeness (QED) is 0.449. The van der Waals surface area contributed by atoms with Gasteiger partial charge in [0.2, 0.25) is 0 Å². The first-order chi connectivity index (χ1) is 14.7. The lowest BCUT2D eigenvalue weighted by molar-refractivity contribution is 0.286. The third kappa shape index (κ3) is 4.93. The van der Waals surface area contributed by atoms with E-state index in [0.717, 1.165) is 57.5 Å². The van der Waals surface area contributed by atoms with Crippen molar-refractivity contribution >= 4 is 45.1 Å². The van der Waals surface area contributed by atoms with E-state index in [1.165, 1.54) is 29.7 Å². The maximum atomic E-state index is 12.8. The van der Waals surface area contributed by atoms with Gasteiger partial charge in [0.05, 0.1) is 22.1 Å². The number of anilines is 2. The molecule has 1 atom stereocenters. The van der Waals surface area contributed by atoms with E-state index in [9.17, 15) is 9.32 Å². The molecule has 0 spiro atoms. The average Bonchev–Trinajstić information content (AvgIpc) is 3.22. The molecule has 0 bridgehead atoms. The SMILES string of the molecule is NSc1ccc(Nc2nc(-c3ccc(S(=O)N4CCCCC4)cc3)c(CO)s2)cc1. The van der Waals surface area contributed by atoms with E-state index in [0.29, 0.717) is 5.13 Å². The van der Waals surface area contributed by atoms with Gasteiger partial charge < -0.3 is 10.4 Å². The predicted molar refractivity (Wildman–Crippen MR) is 125 cm³/mol. The Hall–Kier alpha value is -1.75. The maximum Gasteiger partial charge on any atom is 0.188 e. The minimum absolute atomic E-state index is 0.0844. The van der Waals surface area contributed by atoms with Crippen molar-refractivity contribution in [1.29, 1.82) is 0 Å². The molecule has 1 aliphatic heterocycles. The minimum Gasteiger partial charge on any atom is -0.391 e. The highest BCUT2D eigenvalue weighted by Crippen LogP contribution is 2.33. The van der Waals surface area contributed by atoms with Crippen LogP contribution in [0.4, 0.5) is 10.8 Å². The number of thiazole rings is 1. The molecule has 4 N–H and O–H groups in total. The maximum absolute atomic E-state index is 12.8. The highest BCUT2D eigenvalue weighted by Gasteiger charge is 2.19. The first kappa shape index (κ1) is 21.5. The zero-order valence-corrected chi connectivity index (χ0v) is 18.9. The van der Waals surface area contributed by atoms with E-state index < -0.39 is 11.0 Å². The molecule has 1 saturated heterocycles. The lowest BCUT2D eigenvalue weighted by Crippen LogP contribution is -2.31. The van der Waals surface area contributed by atoms with E-state index in [1.807, 2.05) is 52.8 Å². The Morgan fingerprint density at radius 1 is 1.10 bits per heavy atom. The molecule has 0 aliphatic carbocycles. The van der Waals surface area contributed by atoms with Crippen LogP contribution < -0.4 is 10.5 Å². The number of nitrogens with two attached hydrogens (primary N) is 1. The van der Waals surface area contributed by atoms with Gasteiger partial charge in [-0.2, -0.15) is 0 Å². The summed E-state index contributed by atoms with van der Waals surface area (Å²) in [5.74, 6) is 0. The fourth-order valence-corrected chi connectivity index (χ4v) is 5.80. The van der Waals surface area contributed by atoms with Crippen molar-refractivity contribution in [1.82, 2.24) is 9.29 Å². The Kier molecular flexibility index (Phi) is 7.19. The number of aliphatic hydroxyl groups excluding tert-OH is 1. The van der Waals surface area contributed by atoms with Gasteiger partial charge in [-0.05, 0) is 61.2 Å². The number of rotatable bonds is 7. The first-order valence-corrected chi connectivity index (χ1v) is 12.6. The molecule has 158 valence electrons. The lowest BCUT2D eigenvalue weighted by Gasteiger charge is -2.25. The molecule has 1 aromatic heterocycles. The van der Waals surface area contributed by atoms with E-state index in [-0.39, 0.29) is 6.61 Å². The number of piperidine rings is 1. The van der Waals surface area contributed by atoms with E-state index in [2.05, 4.69) is 10.3 Å². The van der Waals surface area contributed by atoms with Gasteiger partial charge in [-0.15, -0.1) is 0 Å². The van der Waals surface area contributed by atoms with Crippen LogP contribution in [-0.2, 0) is 17.6 Å². The number of benzene rings is 2. The lowest BCUT2D eigenvalue weighted by atomic mass is 10.1. The van der Waals surface area contributed by atoms with Gasteiger partial charge in [0.25, 0.3) is 0 Å². The monoisotopic (exact) mass is 460 g/mol. The molecule has 2 aromatic carbocycles. The second-order valence-electron chi connectivity index (χ2n) is 6.98. The zero-order chi connectivity index (χ0) is 20.9. The van der Waals surface area contributed by atoms with E-state index >= 15 is 0 Å². The number of nitrogens with zero attached hydrogens (tertiary/aromatic N) is 2. The van der Waals surface area contributed by atoms with Crippen LogP contribution in [0.1, 0.15) is 24.1 Å². The van der Waals surface area contributed by atoms with Crippen LogP contribution in [-0.4, -0.2) is 31.7 Å². The molecule has 9 heteroatoms. The van der Waals surface area contributed by atoms with Gasteiger partial charge in [0, 0.05) is 29.2 Å². The van der Waals surface area contributed by atoms with Crippen molar-refractivity contribution < 1.29 is 9.32 Å². The van der Waals surface area contributed by atoms with Crippen LogP contribution in [0.25, 0.3) is 11.3 Å². The molecule has 1 aliphatic rings. The van der Waals surface area contributed by atoms with Crippen molar-refractivity contribution in [2.75, 3.05) is 18.4 Å². The summed E-state index contributed by atoms with van der Waals surface area (Å²) in [6.45, 7) is 1.68. The number of aromatic nitrogens is 1. The third-order valence-electron chi connectivity index (χ3n) is 4.96. The second-order valence-corrected chi connectivity index (χ2v) is 10.3. The smallest absolute Gasteiger partial charge is 0.188 e. The van der Waals surface area contributed by atoms with Crippen LogP contribution in [0, 0.1) is 0 Å². The van der Waals surface area contributed by atoms with Crippen molar-refractivity contribution in [3.63, 3.8) is 0 Å². The number of aliphatic hydroxyl groups is 1. The molecule has 0 saturated carbocycles. The number of hydrogen-bond acceptors (Lipinski definition) is 7. The standard InChI is InChI=1S/C21H24N4O2S3/c22-29-17-8-6-16(7-9-17)23-21-24-20(19(14-26)28-21)15-4-10-18(11-5-15)30(27)25-12-2-1-3-13-25/h4-11,26H,1-3,12-14,22H2,(H,23,24). The number of nitrogens with one attached hydrogen (secondary N) is 1. The molecule has 1 unspecified atom stereocenters. The number of hydrogen-bond donors (Lipinski definition) is 3. The summed E-state index contributed by atoms with van der Waals surface area (Å²) in [6.07, 6.45) is 3.42. The van der Waals surface area contributed by atoms with Crippen molar-refractivity contribution in [3.05, 3.63) is 53.4 Å². The molecular weight excluding hydrogens is 436 g/mol. The van der Waals surface area contributed by atoms with Gasteiger partial charge in [0.1, 0.15) is 11.0 Å². The van der Waals surface area contributed by atoms with Gasteiger partial charge in [0.15, 0.2) is 5.13 Å². The summed E-state index contributed by atoms with van der Waals surface area (Å²) in [4.78, 5) is 7.26. The molecule has 6 nitrogen and oxygen atoms in total. The van der Waals surface area contributed by atoms with Crippen LogP contribution in [0.3, 0.4) is 0 Å². The van der Waals surface area contributed by atoms with Gasteiger partial charge in [-0.3, -0.25) is 5.14 Å². The van der Waals surface area contributed by atoms with Crippen LogP contribution in [0.15, 0.2) is 58.3 Å². The second kappa shape index (κ2) is 10.0. The first-order valence-electron chi connectivity index (χ1n) is 9.79. The minimum atomic E-state index is -1.12. The zero-order valence-electron chi connectivity index (χ0n) is 16.4. The molecular formula is C21H24N4O2S3. The van der Waals surface area contributed by atoms with Crippen molar-refractivity contribution in [3.8, 4) is 11.3 Å². The molecule has 0 amide bonds. The summed E-state index contributed by atoms with van der Waals surface area (Å²) in [5, 5.41) is 19.4. The highest BCUT2D eigenvalue weighted by atomic mass is 32.2. The van der Waals surface area contributed by atoms with Crippen LogP contribution in [0.5, 0.6) is 0 Å². The average molecular weight is 461 g/mol. The Labute approximate surface area is 187 Å². The van der Waals surface area contributed by atoms with Gasteiger partial charge in [-0.1, -0.05) is 29.9 Å². The fraction of sp³-hybridized carbons (Fsp3) is 0.286. The molecule has 2 heterocycles. The summed E-state index contributed by atoms with van der Waals surface area (Å²) in [5.41, 5.74) is 2.55. The summed E-state index contributed by atoms with van der Waals surface area (Å²) in [7, 11) is -1.12. The summed E-state index contributed by atoms with van der Waals surface area (Å²) < 4.78 is 14.8. The third-order valence-corrected chi connectivity index (χ3v) is 7.97. The van der Waals surface area contributed by atoms with E-state index in [4.69, 9.17) is 5.14 Å². The molecule has 1 fully saturated rings. The van der Waals surface area contributed by atoms with Crippen molar-refractivity contribution in [2.45, 2.75) is 35.7 Å². The largest absolute Gasteiger partial charge is 0.391 e. The Morgan fingerprint density at radius 3 is 2.43 bits per heavy atom. The summed E-state index contributed by atoms with van der Waals surface area (Å²) in [6, 6.07) is 15.4. The van der Waals surface area contributed by atoms with Crippen LogP contribution >= 0.6 is 23.3 Å². The molecule has 3 aromatic rings. The van der Waals surface area contributed by atoms with Crippen LogP contribution in [0.2, 0.25) is 0 Å². The summed E-state index contributed by atoms with van der Waals surface area (Å²) >= 11 is 2.63. The van der Waals surface area contributed by atoms with Gasteiger partial charge >= 0.3 is 0 Å². The fourth-order valence-electron chi connectivity index (χ4n) is 3.39. The Bertz CT molecular complexity index is 1000. The molecule has 4 rings (SSSR count). The normalized spacial score (nSPS) is 15.8.